The molecule has 0 heterocycles. The van der Waals surface area contributed by atoms with Crippen LogP contribution in [0.2, 0.25) is 0 Å². The van der Waals surface area contributed by atoms with Crippen LogP contribution in [-0.2, 0) is 4.79 Å². The summed E-state index contributed by atoms with van der Waals surface area (Å²) in [5.41, 5.74) is 0.560. The third kappa shape index (κ3) is 3.57. The molecule has 0 aliphatic heterocycles. The van der Waals surface area contributed by atoms with Gasteiger partial charge in [-0.1, -0.05) is 60.3 Å². The third-order valence-electron chi connectivity index (χ3n) is 11.3. The molecule has 2 heteroatoms. The van der Waals surface area contributed by atoms with Gasteiger partial charge in [0.2, 0.25) is 0 Å². The van der Waals surface area contributed by atoms with E-state index in [1.165, 1.54) is 64.2 Å². The monoisotopic (exact) mass is 416 g/mol. The van der Waals surface area contributed by atoms with Crippen molar-refractivity contribution in [2.75, 3.05) is 0 Å². The van der Waals surface area contributed by atoms with Gasteiger partial charge in [0.15, 0.2) is 0 Å². The number of rotatable bonds is 6. The van der Waals surface area contributed by atoms with Gasteiger partial charge in [0.05, 0.1) is 5.92 Å². The van der Waals surface area contributed by atoms with Crippen molar-refractivity contribution in [2.24, 2.45) is 58.2 Å². The fourth-order valence-electron chi connectivity index (χ4n) is 9.76. The van der Waals surface area contributed by atoms with E-state index in [9.17, 15) is 9.90 Å². The Bertz CT molecular complexity index is 626. The lowest BCUT2D eigenvalue weighted by Crippen LogP contribution is -2.57. The van der Waals surface area contributed by atoms with Gasteiger partial charge >= 0.3 is 5.97 Å². The van der Waals surface area contributed by atoms with E-state index in [1.54, 1.807) is 0 Å². The van der Waals surface area contributed by atoms with Gasteiger partial charge in [0.25, 0.3) is 0 Å². The van der Waals surface area contributed by atoms with Crippen LogP contribution in [0.3, 0.4) is 0 Å². The van der Waals surface area contributed by atoms with Crippen molar-refractivity contribution in [3.8, 4) is 0 Å². The molecule has 0 aromatic carbocycles. The zero-order valence-electron chi connectivity index (χ0n) is 20.5. The first-order valence-electron chi connectivity index (χ1n) is 13.4. The summed E-state index contributed by atoms with van der Waals surface area (Å²) in [4.78, 5) is 12.3. The fraction of sp³-hybridized carbons (Fsp3) is 0.964. The van der Waals surface area contributed by atoms with E-state index in [0.717, 1.165) is 42.4 Å². The highest BCUT2D eigenvalue weighted by atomic mass is 16.4. The second kappa shape index (κ2) is 8.43. The minimum atomic E-state index is -0.501. The van der Waals surface area contributed by atoms with E-state index in [2.05, 4.69) is 34.6 Å². The highest BCUT2D eigenvalue weighted by Crippen LogP contribution is 2.69. The average molecular weight is 417 g/mol. The van der Waals surface area contributed by atoms with Crippen LogP contribution in [0.1, 0.15) is 112 Å². The summed E-state index contributed by atoms with van der Waals surface area (Å²) < 4.78 is 0. The number of carboxylic acid groups (broad SMARTS) is 1. The smallest absolute Gasteiger partial charge is 0.307 e. The molecular formula is C28H48O2. The summed E-state index contributed by atoms with van der Waals surface area (Å²) in [6.45, 7) is 12.3. The highest BCUT2D eigenvalue weighted by Gasteiger charge is 2.62. The van der Waals surface area contributed by atoms with Gasteiger partial charge < -0.3 is 5.11 Å². The van der Waals surface area contributed by atoms with Crippen LogP contribution < -0.4 is 0 Å². The molecule has 4 aliphatic carbocycles. The molecule has 2 nitrogen and oxygen atoms in total. The Hall–Kier alpha value is -0.530. The molecule has 2 unspecified atom stereocenters. The van der Waals surface area contributed by atoms with Gasteiger partial charge in [0.1, 0.15) is 0 Å². The number of hydrogen-bond acceptors (Lipinski definition) is 1. The fourth-order valence-corrected chi connectivity index (χ4v) is 9.76. The SMILES string of the molecule is CC(C)CCC[C@@H](C)[C@H]1CC[C@H]2[C@@H]3CCC4CCCC(C(=O)O)[C@]4(C)[C@H]3CC[C@]12C. The minimum absolute atomic E-state index is 0.0509. The molecule has 172 valence electrons. The lowest BCUT2D eigenvalue weighted by atomic mass is 9.42. The van der Waals surface area contributed by atoms with Crippen molar-refractivity contribution < 1.29 is 9.90 Å². The molecule has 0 saturated heterocycles. The lowest BCUT2D eigenvalue weighted by Gasteiger charge is -2.62. The largest absolute Gasteiger partial charge is 0.481 e. The molecule has 1 N–H and O–H groups in total. The Morgan fingerprint density at radius 1 is 0.933 bits per heavy atom. The molecular weight excluding hydrogens is 368 g/mol. The van der Waals surface area contributed by atoms with Crippen LogP contribution >= 0.6 is 0 Å². The lowest BCUT2D eigenvalue weighted by molar-refractivity contribution is -0.172. The number of aliphatic carboxylic acids is 1. The normalized spacial score (nSPS) is 46.7. The summed E-state index contributed by atoms with van der Waals surface area (Å²) in [6.07, 6.45) is 15.7. The first-order chi connectivity index (χ1) is 14.2. The zero-order chi connectivity index (χ0) is 21.7. The molecule has 9 atom stereocenters. The summed E-state index contributed by atoms with van der Waals surface area (Å²) in [5.74, 6) is 4.93. The van der Waals surface area contributed by atoms with Gasteiger partial charge in [-0.3, -0.25) is 4.79 Å². The summed E-state index contributed by atoms with van der Waals surface area (Å²) >= 11 is 0. The van der Waals surface area contributed by atoms with E-state index < -0.39 is 5.97 Å². The molecule has 4 fully saturated rings. The number of carboxylic acids is 1. The van der Waals surface area contributed by atoms with E-state index >= 15 is 0 Å². The van der Waals surface area contributed by atoms with E-state index in [1.807, 2.05) is 0 Å². The maximum absolute atomic E-state index is 12.3. The molecule has 0 radical (unpaired) electrons. The molecule has 30 heavy (non-hydrogen) atoms. The Morgan fingerprint density at radius 2 is 1.70 bits per heavy atom. The molecule has 4 rings (SSSR count). The quantitative estimate of drug-likeness (QED) is 0.479. The van der Waals surface area contributed by atoms with Crippen molar-refractivity contribution in [1.29, 1.82) is 0 Å². The molecule has 4 aliphatic rings. The third-order valence-corrected chi connectivity index (χ3v) is 11.3. The standard InChI is InChI=1S/C28H48O2/c1-18(2)8-6-9-19(3)22-14-15-23-21-13-12-20-10-7-11-25(26(29)30)28(20,5)24(21)16-17-27(22,23)4/h18-25H,6-17H2,1-5H3,(H,29,30)/t19-,20?,21+,22-,23+,24+,25?,27-,28+/m1/s1. The van der Waals surface area contributed by atoms with Gasteiger partial charge in [-0.05, 0) is 104 Å². The van der Waals surface area contributed by atoms with Crippen LogP contribution in [0, 0.1) is 58.2 Å². The Kier molecular flexibility index (Phi) is 6.37. The summed E-state index contributed by atoms with van der Waals surface area (Å²) in [7, 11) is 0. The molecule has 0 aromatic rings. The Morgan fingerprint density at radius 3 is 2.40 bits per heavy atom. The number of fused-ring (bicyclic) bond motifs is 5. The summed E-state index contributed by atoms with van der Waals surface area (Å²) in [6, 6.07) is 0. The van der Waals surface area contributed by atoms with Crippen LogP contribution in [0.15, 0.2) is 0 Å². The van der Waals surface area contributed by atoms with Crippen molar-refractivity contribution in [3.05, 3.63) is 0 Å². The van der Waals surface area contributed by atoms with Gasteiger partial charge in [0, 0.05) is 0 Å². The summed E-state index contributed by atoms with van der Waals surface area (Å²) in [5, 5.41) is 10.1. The number of hydrogen-bond donors (Lipinski definition) is 1. The Labute approximate surface area is 186 Å². The van der Waals surface area contributed by atoms with Crippen molar-refractivity contribution in [3.63, 3.8) is 0 Å². The molecule has 0 aromatic heterocycles. The van der Waals surface area contributed by atoms with Gasteiger partial charge in [-0.2, -0.15) is 0 Å². The predicted octanol–water partition coefficient (Wildman–Crippen LogP) is 7.81. The van der Waals surface area contributed by atoms with E-state index in [-0.39, 0.29) is 11.3 Å². The number of carbonyl (C=O) groups is 1. The van der Waals surface area contributed by atoms with Gasteiger partial charge in [-0.25, -0.2) is 0 Å². The molecule has 0 bridgehead atoms. The van der Waals surface area contributed by atoms with Crippen LogP contribution in [0.5, 0.6) is 0 Å². The predicted molar refractivity (Wildman–Crippen MR) is 124 cm³/mol. The maximum Gasteiger partial charge on any atom is 0.307 e. The minimum Gasteiger partial charge on any atom is -0.481 e. The van der Waals surface area contributed by atoms with Crippen molar-refractivity contribution in [1.82, 2.24) is 0 Å². The second-order valence-corrected chi connectivity index (χ2v) is 12.9. The molecule has 0 spiro atoms. The topological polar surface area (TPSA) is 37.3 Å². The van der Waals surface area contributed by atoms with Crippen LogP contribution in [0.4, 0.5) is 0 Å². The van der Waals surface area contributed by atoms with E-state index in [4.69, 9.17) is 0 Å². The first kappa shape index (κ1) is 22.7. The average Bonchev–Trinajstić information content (AvgIpc) is 3.03. The van der Waals surface area contributed by atoms with Crippen LogP contribution in [-0.4, -0.2) is 11.1 Å². The molecule has 0 amide bonds. The zero-order valence-corrected chi connectivity index (χ0v) is 20.5. The highest BCUT2D eigenvalue weighted by molar-refractivity contribution is 5.71. The maximum atomic E-state index is 12.3. The van der Waals surface area contributed by atoms with Crippen LogP contribution in [0.25, 0.3) is 0 Å². The van der Waals surface area contributed by atoms with Crippen molar-refractivity contribution in [2.45, 2.75) is 112 Å². The second-order valence-electron chi connectivity index (χ2n) is 12.9. The van der Waals surface area contributed by atoms with Crippen molar-refractivity contribution >= 4 is 5.97 Å². The first-order valence-corrected chi connectivity index (χ1v) is 13.4. The molecule has 4 saturated carbocycles. The Balaban J connectivity index is 1.52. The van der Waals surface area contributed by atoms with E-state index in [0.29, 0.717) is 17.3 Å². The van der Waals surface area contributed by atoms with Gasteiger partial charge in [-0.15, -0.1) is 0 Å².